The van der Waals surface area contributed by atoms with E-state index >= 15 is 0 Å². The molecule has 3 rings (SSSR count). The van der Waals surface area contributed by atoms with Gasteiger partial charge < -0.3 is 5.32 Å². The molecule has 0 saturated carbocycles. The number of sulfonamides is 1. The van der Waals surface area contributed by atoms with Crippen LogP contribution in [0.3, 0.4) is 0 Å². The van der Waals surface area contributed by atoms with Crippen LogP contribution in [0.1, 0.15) is 21.5 Å². The summed E-state index contributed by atoms with van der Waals surface area (Å²) in [6.07, 6.45) is 0. The Hall–Kier alpha value is -3.47. The lowest BCUT2D eigenvalue weighted by molar-refractivity contribution is 0.0951. The highest BCUT2D eigenvalue weighted by molar-refractivity contribution is 7.89. The highest BCUT2D eigenvalue weighted by Gasteiger charge is 2.10. The second-order valence-corrected chi connectivity index (χ2v) is 7.70. The quantitative estimate of drug-likeness (QED) is 0.696. The summed E-state index contributed by atoms with van der Waals surface area (Å²) in [6.45, 7) is 0.345. The van der Waals surface area contributed by atoms with Crippen molar-refractivity contribution in [3.05, 3.63) is 89.5 Å². The lowest BCUT2D eigenvalue weighted by atomic mass is 10.0. The van der Waals surface area contributed by atoms with Gasteiger partial charge in [-0.05, 0) is 53.1 Å². The Balaban J connectivity index is 1.73. The SMILES string of the molecule is N#Cc1ccc(CNC(=O)c2cccc(-c3ccc(S(N)(=O)=O)cc3)c2)cc1. The molecule has 1 amide bonds. The average Bonchev–Trinajstić information content (AvgIpc) is 2.72. The summed E-state index contributed by atoms with van der Waals surface area (Å²) < 4.78 is 22.7. The van der Waals surface area contributed by atoms with Crippen LogP contribution in [-0.2, 0) is 16.6 Å². The number of hydrogen-bond donors (Lipinski definition) is 2. The fraction of sp³-hybridized carbons (Fsp3) is 0.0476. The predicted molar refractivity (Wildman–Crippen MR) is 106 cm³/mol. The maximum atomic E-state index is 12.5. The molecule has 28 heavy (non-hydrogen) atoms. The van der Waals surface area contributed by atoms with Crippen LogP contribution in [0.2, 0.25) is 0 Å². The molecule has 0 bridgehead atoms. The number of rotatable bonds is 5. The Kier molecular flexibility index (Phi) is 5.54. The monoisotopic (exact) mass is 391 g/mol. The molecule has 7 heteroatoms. The number of nitriles is 1. The second-order valence-electron chi connectivity index (χ2n) is 6.14. The number of nitrogens with two attached hydrogens (primary N) is 1. The molecule has 0 aromatic heterocycles. The van der Waals surface area contributed by atoms with Gasteiger partial charge in [-0.25, -0.2) is 13.6 Å². The first-order chi connectivity index (χ1) is 13.4. The van der Waals surface area contributed by atoms with E-state index in [9.17, 15) is 13.2 Å². The summed E-state index contributed by atoms with van der Waals surface area (Å²) in [6, 6.07) is 22.2. The molecule has 0 aliphatic rings. The number of amides is 1. The zero-order valence-electron chi connectivity index (χ0n) is 14.8. The molecular formula is C21H17N3O3S. The molecule has 3 N–H and O–H groups in total. The molecule has 0 aliphatic heterocycles. The zero-order valence-corrected chi connectivity index (χ0v) is 15.6. The number of hydrogen-bond acceptors (Lipinski definition) is 4. The van der Waals surface area contributed by atoms with E-state index in [0.717, 1.165) is 16.7 Å². The van der Waals surface area contributed by atoms with Crippen molar-refractivity contribution < 1.29 is 13.2 Å². The minimum atomic E-state index is -3.74. The van der Waals surface area contributed by atoms with Crippen molar-refractivity contribution in [2.75, 3.05) is 0 Å². The van der Waals surface area contributed by atoms with Crippen LogP contribution >= 0.6 is 0 Å². The van der Waals surface area contributed by atoms with Crippen LogP contribution < -0.4 is 10.5 Å². The molecule has 140 valence electrons. The zero-order chi connectivity index (χ0) is 20.1. The van der Waals surface area contributed by atoms with Crippen molar-refractivity contribution in [2.24, 2.45) is 5.14 Å². The molecule has 0 spiro atoms. The lowest BCUT2D eigenvalue weighted by Gasteiger charge is -2.08. The Morgan fingerprint density at radius 3 is 2.25 bits per heavy atom. The summed E-state index contributed by atoms with van der Waals surface area (Å²) >= 11 is 0. The summed E-state index contributed by atoms with van der Waals surface area (Å²) in [5, 5.41) is 16.8. The van der Waals surface area contributed by atoms with E-state index in [2.05, 4.69) is 11.4 Å². The fourth-order valence-electron chi connectivity index (χ4n) is 2.66. The molecule has 0 radical (unpaired) electrons. The Labute approximate surface area is 163 Å². The highest BCUT2D eigenvalue weighted by Crippen LogP contribution is 2.22. The first kappa shape index (κ1) is 19.3. The van der Waals surface area contributed by atoms with Gasteiger partial charge in [0.2, 0.25) is 10.0 Å². The first-order valence-electron chi connectivity index (χ1n) is 8.37. The van der Waals surface area contributed by atoms with Gasteiger partial charge in [-0.3, -0.25) is 4.79 Å². The second kappa shape index (κ2) is 8.05. The Bertz CT molecular complexity index is 1150. The Morgan fingerprint density at radius 2 is 1.64 bits per heavy atom. The smallest absolute Gasteiger partial charge is 0.251 e. The maximum Gasteiger partial charge on any atom is 0.251 e. The van der Waals surface area contributed by atoms with E-state index < -0.39 is 10.0 Å². The number of carbonyl (C=O) groups is 1. The molecule has 0 saturated heterocycles. The number of primary sulfonamides is 1. The first-order valence-corrected chi connectivity index (χ1v) is 9.92. The summed E-state index contributed by atoms with van der Waals surface area (Å²) in [7, 11) is -3.74. The standard InChI is InChI=1S/C21H17N3O3S/c22-13-15-4-6-16(7-5-15)14-24-21(25)19-3-1-2-18(12-19)17-8-10-20(11-9-17)28(23,26)27/h1-12H,14H2,(H,24,25)(H2,23,26,27). The van der Waals surface area contributed by atoms with Crippen molar-refractivity contribution in [1.82, 2.24) is 5.32 Å². The van der Waals surface area contributed by atoms with E-state index in [1.165, 1.54) is 12.1 Å². The topological polar surface area (TPSA) is 113 Å². The van der Waals surface area contributed by atoms with Crippen molar-refractivity contribution in [2.45, 2.75) is 11.4 Å². The van der Waals surface area contributed by atoms with Gasteiger partial charge in [-0.2, -0.15) is 5.26 Å². The van der Waals surface area contributed by atoms with Gasteiger partial charge in [0.25, 0.3) is 5.91 Å². The predicted octanol–water partition coefficient (Wildman–Crippen LogP) is 2.80. The van der Waals surface area contributed by atoms with E-state index in [1.807, 2.05) is 6.07 Å². The van der Waals surface area contributed by atoms with Gasteiger partial charge in [0.05, 0.1) is 16.5 Å². The van der Waals surface area contributed by atoms with Crippen LogP contribution in [-0.4, -0.2) is 14.3 Å². The third kappa shape index (κ3) is 4.62. The number of carbonyl (C=O) groups excluding carboxylic acids is 1. The average molecular weight is 391 g/mol. The van der Waals surface area contributed by atoms with E-state index in [0.29, 0.717) is 17.7 Å². The summed E-state index contributed by atoms with van der Waals surface area (Å²) in [5.41, 5.74) is 3.50. The third-order valence-electron chi connectivity index (χ3n) is 4.18. The molecule has 0 atom stereocenters. The van der Waals surface area contributed by atoms with Gasteiger partial charge in [0, 0.05) is 12.1 Å². The van der Waals surface area contributed by atoms with Crippen LogP contribution in [0.5, 0.6) is 0 Å². The molecule has 3 aromatic rings. The van der Waals surface area contributed by atoms with Crippen LogP contribution in [0.4, 0.5) is 0 Å². The summed E-state index contributed by atoms with van der Waals surface area (Å²) in [4.78, 5) is 12.5. The molecule has 0 unspecified atom stereocenters. The van der Waals surface area contributed by atoms with Gasteiger partial charge in [-0.15, -0.1) is 0 Å². The van der Waals surface area contributed by atoms with Crippen molar-refractivity contribution in [1.29, 1.82) is 5.26 Å². The molecular weight excluding hydrogens is 374 g/mol. The van der Waals surface area contributed by atoms with E-state index in [4.69, 9.17) is 10.4 Å². The van der Waals surface area contributed by atoms with Crippen molar-refractivity contribution >= 4 is 15.9 Å². The summed E-state index contributed by atoms with van der Waals surface area (Å²) in [5.74, 6) is -0.229. The normalized spacial score (nSPS) is 10.9. The minimum absolute atomic E-state index is 0.0348. The fourth-order valence-corrected chi connectivity index (χ4v) is 3.17. The molecule has 0 aliphatic carbocycles. The molecule has 3 aromatic carbocycles. The van der Waals surface area contributed by atoms with Gasteiger partial charge in [0.1, 0.15) is 0 Å². The van der Waals surface area contributed by atoms with E-state index in [-0.39, 0.29) is 10.8 Å². The maximum absolute atomic E-state index is 12.5. The lowest BCUT2D eigenvalue weighted by Crippen LogP contribution is -2.22. The van der Waals surface area contributed by atoms with Gasteiger partial charge in [0.15, 0.2) is 0 Å². The highest BCUT2D eigenvalue weighted by atomic mass is 32.2. The Morgan fingerprint density at radius 1 is 0.964 bits per heavy atom. The van der Waals surface area contributed by atoms with Crippen LogP contribution in [0, 0.1) is 11.3 Å². The van der Waals surface area contributed by atoms with Gasteiger partial charge >= 0.3 is 0 Å². The number of nitrogens with one attached hydrogen (secondary N) is 1. The van der Waals surface area contributed by atoms with Crippen LogP contribution in [0.25, 0.3) is 11.1 Å². The molecule has 0 fully saturated rings. The third-order valence-corrected chi connectivity index (χ3v) is 5.11. The molecule has 0 heterocycles. The largest absolute Gasteiger partial charge is 0.348 e. The minimum Gasteiger partial charge on any atom is -0.348 e. The van der Waals surface area contributed by atoms with Crippen molar-refractivity contribution in [3.63, 3.8) is 0 Å². The number of nitrogens with zero attached hydrogens (tertiary/aromatic N) is 1. The number of benzene rings is 3. The van der Waals surface area contributed by atoms with Crippen LogP contribution in [0.15, 0.2) is 77.7 Å². The van der Waals surface area contributed by atoms with Gasteiger partial charge in [-0.1, -0.05) is 36.4 Å². The molecule has 6 nitrogen and oxygen atoms in total. The van der Waals surface area contributed by atoms with Crippen molar-refractivity contribution in [3.8, 4) is 17.2 Å². The van der Waals surface area contributed by atoms with E-state index in [1.54, 1.807) is 54.6 Å².